The molecule has 0 aromatic heterocycles. The van der Waals surface area contributed by atoms with E-state index in [2.05, 4.69) is 5.32 Å². The summed E-state index contributed by atoms with van der Waals surface area (Å²) in [5.41, 5.74) is 1.03. The molecule has 0 atom stereocenters. The number of benzene rings is 2. The van der Waals surface area contributed by atoms with Crippen molar-refractivity contribution < 1.29 is 14.4 Å². The van der Waals surface area contributed by atoms with Crippen molar-refractivity contribution in [2.45, 2.75) is 0 Å². The number of rotatable bonds is 3. The molecule has 3 amide bonds. The number of amides is 3. The minimum absolute atomic E-state index is 0.159. The SMILES string of the molecule is N#CCN1C(=O)c2ccc(NC(=O)c3ccccc3Cl)cc2C1=O. The summed E-state index contributed by atoms with van der Waals surface area (Å²) in [5.74, 6) is -1.49. The first-order valence-corrected chi connectivity index (χ1v) is 7.34. The number of hydrogen-bond acceptors (Lipinski definition) is 4. The molecular weight excluding hydrogens is 330 g/mol. The second-order valence-electron chi connectivity index (χ2n) is 5.05. The zero-order valence-electron chi connectivity index (χ0n) is 12.2. The highest BCUT2D eigenvalue weighted by Gasteiger charge is 2.35. The maximum absolute atomic E-state index is 12.2. The summed E-state index contributed by atoms with van der Waals surface area (Å²) in [6.07, 6.45) is 0. The molecule has 24 heavy (non-hydrogen) atoms. The van der Waals surface area contributed by atoms with Gasteiger partial charge in [0.2, 0.25) is 0 Å². The van der Waals surface area contributed by atoms with Gasteiger partial charge in [0, 0.05) is 5.69 Å². The number of carbonyl (C=O) groups excluding carboxylic acids is 3. The minimum atomic E-state index is -0.551. The number of anilines is 1. The van der Waals surface area contributed by atoms with Gasteiger partial charge >= 0.3 is 0 Å². The fourth-order valence-corrected chi connectivity index (χ4v) is 2.65. The summed E-state index contributed by atoms with van der Waals surface area (Å²) in [4.78, 5) is 37.3. The lowest BCUT2D eigenvalue weighted by atomic mass is 10.1. The van der Waals surface area contributed by atoms with Gasteiger partial charge < -0.3 is 5.32 Å². The number of hydrogen-bond donors (Lipinski definition) is 1. The van der Waals surface area contributed by atoms with Gasteiger partial charge in [0.1, 0.15) is 6.54 Å². The summed E-state index contributed by atoms with van der Waals surface area (Å²) in [7, 11) is 0. The maximum atomic E-state index is 12.2. The molecule has 1 aliphatic rings. The van der Waals surface area contributed by atoms with E-state index in [9.17, 15) is 14.4 Å². The Morgan fingerprint density at radius 3 is 2.54 bits per heavy atom. The van der Waals surface area contributed by atoms with E-state index < -0.39 is 17.7 Å². The van der Waals surface area contributed by atoms with E-state index >= 15 is 0 Å². The fraction of sp³-hybridized carbons (Fsp3) is 0.0588. The molecule has 0 bridgehead atoms. The first-order chi connectivity index (χ1) is 11.5. The summed E-state index contributed by atoms with van der Waals surface area (Å²) in [6, 6.07) is 12.7. The summed E-state index contributed by atoms with van der Waals surface area (Å²) in [5, 5.41) is 11.6. The third-order valence-corrected chi connectivity index (χ3v) is 3.91. The molecule has 118 valence electrons. The Kier molecular flexibility index (Phi) is 4.02. The fourth-order valence-electron chi connectivity index (χ4n) is 2.43. The van der Waals surface area contributed by atoms with Crippen LogP contribution in [0.5, 0.6) is 0 Å². The molecule has 2 aromatic rings. The predicted molar refractivity (Wildman–Crippen MR) is 86.8 cm³/mol. The Hall–Kier alpha value is -3.17. The molecule has 0 spiro atoms. The van der Waals surface area contributed by atoms with Crippen LogP contribution in [-0.4, -0.2) is 29.2 Å². The monoisotopic (exact) mass is 339 g/mol. The van der Waals surface area contributed by atoms with Crippen LogP contribution in [-0.2, 0) is 0 Å². The Bertz CT molecular complexity index is 918. The van der Waals surface area contributed by atoms with Crippen LogP contribution in [0.4, 0.5) is 5.69 Å². The minimum Gasteiger partial charge on any atom is -0.322 e. The van der Waals surface area contributed by atoms with Crippen molar-refractivity contribution in [3.05, 3.63) is 64.2 Å². The van der Waals surface area contributed by atoms with Crippen molar-refractivity contribution in [3.63, 3.8) is 0 Å². The number of nitriles is 1. The smallest absolute Gasteiger partial charge is 0.262 e. The average molecular weight is 340 g/mol. The van der Waals surface area contributed by atoms with Crippen molar-refractivity contribution in [2.24, 2.45) is 0 Å². The molecule has 1 aliphatic heterocycles. The van der Waals surface area contributed by atoms with E-state index in [0.29, 0.717) is 16.3 Å². The van der Waals surface area contributed by atoms with E-state index in [4.69, 9.17) is 16.9 Å². The van der Waals surface area contributed by atoms with E-state index in [1.807, 2.05) is 0 Å². The highest BCUT2D eigenvalue weighted by Crippen LogP contribution is 2.26. The Balaban J connectivity index is 1.88. The van der Waals surface area contributed by atoms with Gasteiger partial charge in [0.05, 0.1) is 27.8 Å². The Morgan fingerprint density at radius 1 is 1.12 bits per heavy atom. The molecule has 6 nitrogen and oxygen atoms in total. The van der Waals surface area contributed by atoms with Crippen molar-refractivity contribution in [2.75, 3.05) is 11.9 Å². The lowest BCUT2D eigenvalue weighted by Gasteiger charge is -2.07. The number of fused-ring (bicyclic) bond motifs is 1. The standard InChI is InChI=1S/C17H10ClN3O3/c18-14-4-2-1-3-12(14)15(22)20-10-5-6-11-13(9-10)17(24)21(8-7-19)16(11)23/h1-6,9H,8H2,(H,20,22). The van der Waals surface area contributed by atoms with Crippen molar-refractivity contribution in [1.82, 2.24) is 4.90 Å². The van der Waals surface area contributed by atoms with E-state index in [1.54, 1.807) is 30.3 Å². The first-order valence-electron chi connectivity index (χ1n) is 6.96. The number of carbonyl (C=O) groups is 3. The molecule has 0 aliphatic carbocycles. The lowest BCUT2D eigenvalue weighted by Crippen LogP contribution is -2.29. The highest BCUT2D eigenvalue weighted by atomic mass is 35.5. The van der Waals surface area contributed by atoms with Gasteiger partial charge in [0.25, 0.3) is 17.7 Å². The molecule has 3 rings (SSSR count). The van der Waals surface area contributed by atoms with Gasteiger partial charge in [0.15, 0.2) is 0 Å². The number of nitrogens with zero attached hydrogens (tertiary/aromatic N) is 2. The van der Waals surface area contributed by atoms with Crippen LogP contribution in [0.15, 0.2) is 42.5 Å². The van der Waals surface area contributed by atoms with Crippen LogP contribution in [0.25, 0.3) is 0 Å². The molecule has 0 unspecified atom stereocenters. The van der Waals surface area contributed by atoms with Gasteiger partial charge in [-0.15, -0.1) is 0 Å². The topological polar surface area (TPSA) is 90.3 Å². The zero-order valence-corrected chi connectivity index (χ0v) is 13.0. The Labute approximate surface area is 142 Å². The van der Waals surface area contributed by atoms with Crippen LogP contribution in [0.1, 0.15) is 31.1 Å². The van der Waals surface area contributed by atoms with Crippen LogP contribution >= 0.6 is 11.6 Å². The first kappa shape index (κ1) is 15.7. The maximum Gasteiger partial charge on any atom is 0.262 e. The van der Waals surface area contributed by atoms with Crippen molar-refractivity contribution in [3.8, 4) is 6.07 Å². The van der Waals surface area contributed by atoms with E-state index in [0.717, 1.165) is 4.90 Å². The molecule has 0 radical (unpaired) electrons. The van der Waals surface area contributed by atoms with Crippen LogP contribution < -0.4 is 5.32 Å². The van der Waals surface area contributed by atoms with Crippen molar-refractivity contribution in [1.29, 1.82) is 5.26 Å². The molecular formula is C17H10ClN3O3. The molecule has 7 heteroatoms. The molecule has 0 saturated carbocycles. The van der Waals surface area contributed by atoms with Gasteiger partial charge in [-0.2, -0.15) is 5.26 Å². The normalized spacial score (nSPS) is 12.8. The van der Waals surface area contributed by atoms with Gasteiger partial charge in [-0.25, -0.2) is 0 Å². The molecule has 1 N–H and O–H groups in total. The molecule has 2 aromatic carbocycles. The Morgan fingerprint density at radius 2 is 1.83 bits per heavy atom. The van der Waals surface area contributed by atoms with E-state index in [-0.39, 0.29) is 17.7 Å². The lowest BCUT2D eigenvalue weighted by molar-refractivity contribution is 0.0673. The highest BCUT2D eigenvalue weighted by molar-refractivity contribution is 6.34. The molecule has 0 saturated heterocycles. The largest absolute Gasteiger partial charge is 0.322 e. The van der Waals surface area contributed by atoms with Gasteiger partial charge in [-0.3, -0.25) is 19.3 Å². The number of halogens is 1. The van der Waals surface area contributed by atoms with Crippen LogP contribution in [0, 0.1) is 11.3 Å². The summed E-state index contributed by atoms with van der Waals surface area (Å²) in [6.45, 7) is -0.312. The second kappa shape index (κ2) is 6.14. The van der Waals surface area contributed by atoms with Crippen molar-refractivity contribution >= 4 is 35.0 Å². The molecule has 0 fully saturated rings. The second-order valence-corrected chi connectivity index (χ2v) is 5.46. The van der Waals surface area contributed by atoms with Crippen LogP contribution in [0.3, 0.4) is 0 Å². The predicted octanol–water partition coefficient (Wildman–Crippen LogP) is 2.71. The number of nitrogens with one attached hydrogen (secondary N) is 1. The van der Waals surface area contributed by atoms with Gasteiger partial charge in [-0.1, -0.05) is 23.7 Å². The summed E-state index contributed by atoms with van der Waals surface area (Å²) >= 11 is 5.98. The van der Waals surface area contributed by atoms with Crippen LogP contribution in [0.2, 0.25) is 5.02 Å². The third-order valence-electron chi connectivity index (χ3n) is 3.58. The quantitative estimate of drug-likeness (QED) is 0.687. The molecule has 1 heterocycles. The van der Waals surface area contributed by atoms with E-state index in [1.165, 1.54) is 18.2 Å². The summed E-state index contributed by atoms with van der Waals surface area (Å²) < 4.78 is 0. The zero-order chi connectivity index (χ0) is 17.3. The third kappa shape index (κ3) is 2.62. The van der Waals surface area contributed by atoms with Gasteiger partial charge in [-0.05, 0) is 30.3 Å². The number of imide groups is 1. The average Bonchev–Trinajstić information content (AvgIpc) is 2.80.